The van der Waals surface area contributed by atoms with Crippen LogP contribution in [0.1, 0.15) is 48.1 Å². The molecule has 2 aliphatic heterocycles. The molecule has 2 aromatic carbocycles. The maximum atomic E-state index is 13.5. The van der Waals surface area contributed by atoms with E-state index >= 15 is 0 Å². The maximum absolute atomic E-state index is 13.5. The number of anilines is 1. The number of hydrogen-bond acceptors (Lipinski definition) is 5. The highest BCUT2D eigenvalue weighted by Crippen LogP contribution is 2.41. The van der Waals surface area contributed by atoms with E-state index in [2.05, 4.69) is 0 Å². The number of likely N-dealkylation sites (N-methyl/N-ethyl adjacent to an activating group) is 1. The molecular formula is C27H30F6N2O4. The molecular weight excluding hydrogens is 530 g/mol. The van der Waals surface area contributed by atoms with E-state index in [-0.39, 0.29) is 18.5 Å². The molecule has 1 saturated heterocycles. The summed E-state index contributed by atoms with van der Waals surface area (Å²) in [5.41, 5.74) is -1.44. The number of rotatable bonds is 6. The topological polar surface area (TPSA) is 73.2 Å². The van der Waals surface area contributed by atoms with Crippen molar-refractivity contribution in [3.8, 4) is 5.75 Å². The number of carboxylic acids is 1. The van der Waals surface area contributed by atoms with Gasteiger partial charge in [-0.25, -0.2) is 0 Å². The molecule has 2 heterocycles. The number of piperidine rings is 1. The summed E-state index contributed by atoms with van der Waals surface area (Å²) in [4.78, 5) is 15.0. The number of likely N-dealkylation sites (tertiary alicyclic amines) is 1. The fraction of sp³-hybridized carbons (Fsp3) is 0.519. The molecule has 12 heteroatoms. The first-order valence-electron chi connectivity index (χ1n) is 12.6. The smallest absolute Gasteiger partial charge is 0.416 e. The predicted molar refractivity (Wildman–Crippen MR) is 130 cm³/mol. The van der Waals surface area contributed by atoms with Crippen molar-refractivity contribution in [2.45, 2.75) is 50.8 Å². The number of fused-ring (bicyclic) bond motifs is 1. The van der Waals surface area contributed by atoms with E-state index in [9.17, 15) is 41.4 Å². The van der Waals surface area contributed by atoms with Crippen LogP contribution >= 0.6 is 0 Å². The van der Waals surface area contributed by atoms with Crippen molar-refractivity contribution >= 4 is 11.7 Å². The first-order valence-corrected chi connectivity index (χ1v) is 12.6. The number of hydrogen-bond donors (Lipinski definition) is 2. The molecule has 0 amide bonds. The van der Waals surface area contributed by atoms with Crippen molar-refractivity contribution in [1.29, 1.82) is 0 Å². The molecule has 2 unspecified atom stereocenters. The van der Waals surface area contributed by atoms with Gasteiger partial charge in [0.05, 0.1) is 34.9 Å². The molecule has 4 rings (SSSR count). The Labute approximate surface area is 221 Å². The minimum absolute atomic E-state index is 0.0803. The number of alkyl halides is 6. The summed E-state index contributed by atoms with van der Waals surface area (Å²) in [5, 5.41) is 19.7. The lowest BCUT2D eigenvalue weighted by atomic mass is 9.87. The SMILES string of the molecule is C[C@H](C(=O)O)C(O)c1ccc2c(c1)N(C)C(C1CCN(Cc3cc(C(F)(F)F)ccc3C(F)(F)F)CC1)CO2. The second-order valence-corrected chi connectivity index (χ2v) is 10.3. The maximum Gasteiger partial charge on any atom is 0.416 e. The van der Waals surface area contributed by atoms with E-state index in [1.165, 1.54) is 6.92 Å². The third kappa shape index (κ3) is 6.27. The third-order valence-electron chi connectivity index (χ3n) is 7.78. The van der Waals surface area contributed by atoms with Gasteiger partial charge in [0.1, 0.15) is 12.4 Å². The van der Waals surface area contributed by atoms with E-state index in [0.717, 1.165) is 0 Å². The molecule has 2 N–H and O–H groups in total. The van der Waals surface area contributed by atoms with Crippen molar-refractivity contribution in [2.24, 2.45) is 11.8 Å². The van der Waals surface area contributed by atoms with Crippen molar-refractivity contribution < 1.29 is 46.1 Å². The van der Waals surface area contributed by atoms with Gasteiger partial charge in [0.2, 0.25) is 0 Å². The summed E-state index contributed by atoms with van der Waals surface area (Å²) in [5.74, 6) is -1.43. The van der Waals surface area contributed by atoms with Crippen LogP contribution in [0.3, 0.4) is 0 Å². The molecule has 0 radical (unpaired) electrons. The monoisotopic (exact) mass is 560 g/mol. The average molecular weight is 561 g/mol. The summed E-state index contributed by atoms with van der Waals surface area (Å²) in [6.07, 6.45) is -9.50. The van der Waals surface area contributed by atoms with Gasteiger partial charge in [-0.3, -0.25) is 9.69 Å². The van der Waals surface area contributed by atoms with Crippen molar-refractivity contribution in [3.63, 3.8) is 0 Å². The van der Waals surface area contributed by atoms with Crippen LogP contribution in [0, 0.1) is 11.8 Å². The normalized spacial score (nSPS) is 20.7. The van der Waals surface area contributed by atoms with Crippen LogP contribution in [0.5, 0.6) is 5.75 Å². The number of aliphatic carboxylic acids is 1. The standard InChI is InChI=1S/C27H30F6N2O4/c1-15(25(37)38)24(36)17-3-6-23-21(12-17)34(2)22(14-39-23)16-7-9-35(10-8-16)13-18-11-19(26(28,29)30)4-5-20(18)27(31,32)33/h3-6,11-12,15-16,22,24,36H,7-10,13-14H2,1-2H3,(H,37,38)/t15-,22?,24?/m0/s1. The molecule has 39 heavy (non-hydrogen) atoms. The number of nitrogens with zero attached hydrogens (tertiary/aromatic N) is 2. The van der Waals surface area contributed by atoms with Gasteiger partial charge in [-0.05, 0) is 80.2 Å². The van der Waals surface area contributed by atoms with Crippen molar-refractivity contribution in [2.75, 3.05) is 31.6 Å². The third-order valence-corrected chi connectivity index (χ3v) is 7.78. The van der Waals surface area contributed by atoms with E-state index < -0.39 is 47.0 Å². The quantitative estimate of drug-likeness (QED) is 0.449. The summed E-state index contributed by atoms with van der Waals surface area (Å²) >= 11 is 0. The number of benzene rings is 2. The van der Waals surface area contributed by atoms with Crippen LogP contribution in [-0.2, 0) is 23.7 Å². The number of aliphatic hydroxyl groups is 1. The second-order valence-electron chi connectivity index (χ2n) is 10.3. The number of carboxylic acid groups (broad SMARTS) is 1. The van der Waals surface area contributed by atoms with Gasteiger partial charge in [-0.15, -0.1) is 0 Å². The Balaban J connectivity index is 1.45. The second kappa shape index (κ2) is 10.9. The van der Waals surface area contributed by atoms with Gasteiger partial charge < -0.3 is 19.8 Å². The van der Waals surface area contributed by atoms with Gasteiger partial charge in [0, 0.05) is 13.6 Å². The van der Waals surface area contributed by atoms with E-state index in [4.69, 9.17) is 4.74 Å². The van der Waals surface area contributed by atoms with Crippen molar-refractivity contribution in [1.82, 2.24) is 4.90 Å². The molecule has 2 aliphatic rings. The van der Waals surface area contributed by atoms with Crippen LogP contribution in [0.15, 0.2) is 36.4 Å². The molecule has 214 valence electrons. The molecule has 0 aromatic heterocycles. The Morgan fingerprint density at radius 2 is 1.72 bits per heavy atom. The Morgan fingerprint density at radius 3 is 2.31 bits per heavy atom. The molecule has 6 nitrogen and oxygen atoms in total. The zero-order chi connectivity index (χ0) is 28.7. The fourth-order valence-electron chi connectivity index (χ4n) is 5.37. The number of aliphatic hydroxyl groups excluding tert-OH is 1. The molecule has 3 atom stereocenters. The minimum Gasteiger partial charge on any atom is -0.489 e. The Morgan fingerprint density at radius 1 is 1.05 bits per heavy atom. The highest BCUT2D eigenvalue weighted by Gasteiger charge is 2.39. The first kappa shape index (κ1) is 29.0. The molecule has 0 spiro atoms. The van der Waals surface area contributed by atoms with Crippen LogP contribution in [-0.4, -0.2) is 53.9 Å². The highest BCUT2D eigenvalue weighted by molar-refractivity contribution is 5.71. The molecule has 0 bridgehead atoms. The summed E-state index contributed by atoms with van der Waals surface area (Å²) < 4.78 is 85.9. The van der Waals surface area contributed by atoms with E-state index in [0.29, 0.717) is 67.7 Å². The predicted octanol–water partition coefficient (Wildman–Crippen LogP) is 5.59. The average Bonchev–Trinajstić information content (AvgIpc) is 2.87. The van der Waals surface area contributed by atoms with Gasteiger partial charge >= 0.3 is 18.3 Å². The van der Waals surface area contributed by atoms with E-state index in [1.54, 1.807) is 23.1 Å². The lowest BCUT2D eigenvalue weighted by Gasteiger charge is -2.43. The van der Waals surface area contributed by atoms with Gasteiger partial charge in [-0.2, -0.15) is 26.3 Å². The van der Waals surface area contributed by atoms with Crippen molar-refractivity contribution in [3.05, 3.63) is 58.7 Å². The van der Waals surface area contributed by atoms with Crippen LogP contribution in [0.2, 0.25) is 0 Å². The van der Waals surface area contributed by atoms with Crippen LogP contribution in [0.4, 0.5) is 32.0 Å². The zero-order valence-electron chi connectivity index (χ0n) is 21.4. The minimum atomic E-state index is -4.76. The Bertz CT molecular complexity index is 1190. The number of carbonyl (C=O) groups is 1. The molecule has 0 aliphatic carbocycles. The molecule has 2 aromatic rings. The van der Waals surface area contributed by atoms with Gasteiger partial charge in [0.15, 0.2) is 0 Å². The number of halogens is 6. The largest absolute Gasteiger partial charge is 0.489 e. The number of ether oxygens (including phenoxy) is 1. The highest BCUT2D eigenvalue weighted by atomic mass is 19.4. The summed E-state index contributed by atoms with van der Waals surface area (Å²) in [6.45, 7) is 2.36. The molecule has 0 saturated carbocycles. The lowest BCUT2D eigenvalue weighted by molar-refractivity contribution is -0.145. The summed E-state index contributed by atoms with van der Waals surface area (Å²) in [6, 6.07) is 6.48. The fourth-order valence-corrected chi connectivity index (χ4v) is 5.37. The summed E-state index contributed by atoms with van der Waals surface area (Å²) in [7, 11) is 1.87. The first-order chi connectivity index (χ1) is 18.2. The van der Waals surface area contributed by atoms with Crippen LogP contribution in [0.25, 0.3) is 0 Å². The van der Waals surface area contributed by atoms with Gasteiger partial charge in [0.25, 0.3) is 0 Å². The zero-order valence-corrected chi connectivity index (χ0v) is 21.4. The molecule has 1 fully saturated rings. The van der Waals surface area contributed by atoms with Gasteiger partial charge in [-0.1, -0.05) is 6.07 Å². The Kier molecular flexibility index (Phi) is 8.09. The van der Waals surface area contributed by atoms with E-state index in [1.807, 2.05) is 11.9 Å². The van der Waals surface area contributed by atoms with Crippen LogP contribution < -0.4 is 9.64 Å². The lowest BCUT2D eigenvalue weighted by Crippen LogP contribution is -2.49. The Hall–Kier alpha value is -2.99.